The Balaban J connectivity index is 0.000000847. The molecule has 6 heteroatoms. The maximum atomic E-state index is 5.43. The van der Waals surface area contributed by atoms with Crippen LogP contribution < -0.4 is 9.64 Å². The largest absolute Gasteiger partial charge is 0.480 e. The second-order valence-electron chi connectivity index (χ2n) is 4.86. The average Bonchev–Trinajstić information content (AvgIpc) is 2.55. The molecule has 0 radical (unpaired) electrons. The minimum atomic E-state index is 0.585. The van der Waals surface area contributed by atoms with Crippen molar-refractivity contribution in [1.29, 1.82) is 0 Å². The van der Waals surface area contributed by atoms with Crippen molar-refractivity contribution >= 4 is 16.7 Å². The van der Waals surface area contributed by atoms with Gasteiger partial charge in [-0.25, -0.2) is 15.0 Å². The Morgan fingerprint density at radius 3 is 2.41 bits per heavy atom. The molecule has 0 aliphatic carbocycles. The maximum Gasteiger partial charge on any atom is 0.226 e. The van der Waals surface area contributed by atoms with E-state index >= 15 is 0 Å². The van der Waals surface area contributed by atoms with Crippen LogP contribution >= 0.6 is 0 Å². The van der Waals surface area contributed by atoms with Gasteiger partial charge in [-0.1, -0.05) is 13.8 Å². The van der Waals surface area contributed by atoms with Crippen LogP contribution in [0.15, 0.2) is 6.07 Å². The van der Waals surface area contributed by atoms with Crippen molar-refractivity contribution in [3.63, 3.8) is 0 Å². The Hall–Kier alpha value is -1.95. The van der Waals surface area contributed by atoms with Gasteiger partial charge in [-0.15, -0.1) is 0 Å². The first-order chi connectivity index (χ1) is 10.7. The second kappa shape index (κ2) is 7.35. The molecular weight excluding hydrogens is 280 g/mol. The van der Waals surface area contributed by atoms with E-state index in [1.807, 2.05) is 33.8 Å². The highest BCUT2D eigenvalue weighted by Crippen LogP contribution is 2.31. The quantitative estimate of drug-likeness (QED) is 0.849. The van der Waals surface area contributed by atoms with Crippen LogP contribution in [0.2, 0.25) is 0 Å². The molecule has 0 atom stereocenters. The van der Waals surface area contributed by atoms with Crippen LogP contribution in [0.4, 0.5) is 5.82 Å². The number of nitrogens with zero attached hydrogens (tertiary/aromatic N) is 4. The molecule has 22 heavy (non-hydrogen) atoms. The van der Waals surface area contributed by atoms with Gasteiger partial charge in [-0.3, -0.25) is 0 Å². The van der Waals surface area contributed by atoms with Gasteiger partial charge in [0.05, 0.1) is 25.8 Å². The van der Waals surface area contributed by atoms with E-state index in [9.17, 15) is 0 Å². The predicted octanol–water partition coefficient (Wildman–Crippen LogP) is 2.51. The number of aromatic nitrogens is 3. The normalized spacial score (nSPS) is 14.5. The topological polar surface area (TPSA) is 60.4 Å². The van der Waals surface area contributed by atoms with E-state index in [2.05, 4.69) is 19.9 Å². The number of morpholine rings is 1. The van der Waals surface area contributed by atoms with Gasteiger partial charge in [0.15, 0.2) is 0 Å². The van der Waals surface area contributed by atoms with E-state index in [1.54, 1.807) is 7.11 Å². The highest BCUT2D eigenvalue weighted by Gasteiger charge is 2.20. The summed E-state index contributed by atoms with van der Waals surface area (Å²) >= 11 is 0. The summed E-state index contributed by atoms with van der Waals surface area (Å²) in [6.45, 7) is 10.9. The van der Waals surface area contributed by atoms with E-state index in [4.69, 9.17) is 9.47 Å². The van der Waals surface area contributed by atoms with Crippen molar-refractivity contribution in [2.24, 2.45) is 0 Å². The molecule has 2 aromatic rings. The molecule has 0 bridgehead atoms. The summed E-state index contributed by atoms with van der Waals surface area (Å²) in [7, 11) is 1.63. The number of anilines is 1. The van der Waals surface area contributed by atoms with E-state index in [0.29, 0.717) is 19.1 Å². The van der Waals surface area contributed by atoms with Crippen LogP contribution in [0.5, 0.6) is 5.88 Å². The van der Waals surface area contributed by atoms with Gasteiger partial charge in [0.2, 0.25) is 5.88 Å². The zero-order valence-corrected chi connectivity index (χ0v) is 14.0. The summed E-state index contributed by atoms with van der Waals surface area (Å²) in [5.41, 5.74) is 1.77. The van der Waals surface area contributed by atoms with E-state index < -0.39 is 0 Å². The number of aryl methyl sites for hydroxylation is 2. The van der Waals surface area contributed by atoms with Crippen LogP contribution in [0.3, 0.4) is 0 Å². The lowest BCUT2D eigenvalue weighted by Crippen LogP contribution is -2.37. The van der Waals surface area contributed by atoms with E-state index in [1.165, 1.54) is 0 Å². The predicted molar refractivity (Wildman–Crippen MR) is 87.7 cm³/mol. The van der Waals surface area contributed by atoms with Crippen LogP contribution in [-0.4, -0.2) is 48.4 Å². The summed E-state index contributed by atoms with van der Waals surface area (Å²) in [6.07, 6.45) is 0. The van der Waals surface area contributed by atoms with Crippen LogP contribution in [-0.2, 0) is 4.74 Å². The first-order valence-corrected chi connectivity index (χ1v) is 7.71. The lowest BCUT2D eigenvalue weighted by molar-refractivity contribution is 0.122. The zero-order chi connectivity index (χ0) is 16.1. The molecule has 0 spiro atoms. The summed E-state index contributed by atoms with van der Waals surface area (Å²) in [6, 6.07) is 1.97. The Labute approximate surface area is 131 Å². The van der Waals surface area contributed by atoms with Gasteiger partial charge in [-0.05, 0) is 19.9 Å². The first kappa shape index (κ1) is 16.4. The number of rotatable bonds is 2. The van der Waals surface area contributed by atoms with Crippen LogP contribution in [0.1, 0.15) is 25.4 Å². The van der Waals surface area contributed by atoms with Gasteiger partial charge in [-0.2, -0.15) is 0 Å². The molecule has 3 heterocycles. The standard InChI is InChI=1S/C14H18N4O2.C2H6/c1-9-8-11-12(14(15-9)19-3)13(17-10(2)16-11)18-4-6-20-7-5-18;1-2/h8H,4-7H2,1-3H3;1-2H3. The summed E-state index contributed by atoms with van der Waals surface area (Å²) in [5.74, 6) is 2.23. The number of hydrogen-bond acceptors (Lipinski definition) is 6. The molecular formula is C16H24N4O2. The van der Waals surface area contributed by atoms with Gasteiger partial charge >= 0.3 is 0 Å². The minimum absolute atomic E-state index is 0.585. The summed E-state index contributed by atoms with van der Waals surface area (Å²) in [5, 5.41) is 0.880. The van der Waals surface area contributed by atoms with E-state index in [-0.39, 0.29) is 0 Å². The van der Waals surface area contributed by atoms with Crippen molar-refractivity contribution in [2.75, 3.05) is 38.3 Å². The summed E-state index contributed by atoms with van der Waals surface area (Å²) < 4.78 is 10.8. The fraction of sp³-hybridized carbons (Fsp3) is 0.562. The van der Waals surface area contributed by atoms with Crippen molar-refractivity contribution in [3.05, 3.63) is 17.6 Å². The molecule has 0 saturated carbocycles. The van der Waals surface area contributed by atoms with Crippen molar-refractivity contribution in [3.8, 4) is 5.88 Å². The molecule has 1 saturated heterocycles. The Morgan fingerprint density at radius 1 is 1.09 bits per heavy atom. The molecule has 1 aliphatic rings. The van der Waals surface area contributed by atoms with Crippen LogP contribution in [0.25, 0.3) is 10.9 Å². The molecule has 0 unspecified atom stereocenters. The summed E-state index contributed by atoms with van der Waals surface area (Å²) in [4.78, 5) is 15.8. The fourth-order valence-electron chi connectivity index (χ4n) is 2.49. The first-order valence-electron chi connectivity index (χ1n) is 7.71. The second-order valence-corrected chi connectivity index (χ2v) is 4.86. The van der Waals surface area contributed by atoms with Gasteiger partial charge in [0, 0.05) is 18.8 Å². The number of pyridine rings is 1. The third kappa shape index (κ3) is 3.27. The molecule has 1 aliphatic heterocycles. The lowest BCUT2D eigenvalue weighted by atomic mass is 10.2. The molecule has 0 aromatic carbocycles. The number of methoxy groups -OCH3 is 1. The molecule has 6 nitrogen and oxygen atoms in total. The average molecular weight is 304 g/mol. The monoisotopic (exact) mass is 304 g/mol. The van der Waals surface area contributed by atoms with Crippen molar-refractivity contribution in [1.82, 2.24) is 15.0 Å². The lowest BCUT2D eigenvalue weighted by Gasteiger charge is -2.29. The maximum absolute atomic E-state index is 5.43. The number of hydrogen-bond donors (Lipinski definition) is 0. The highest BCUT2D eigenvalue weighted by atomic mass is 16.5. The number of fused-ring (bicyclic) bond motifs is 1. The number of ether oxygens (including phenoxy) is 2. The van der Waals surface area contributed by atoms with Crippen LogP contribution in [0, 0.1) is 13.8 Å². The van der Waals surface area contributed by atoms with Crippen molar-refractivity contribution < 1.29 is 9.47 Å². The molecule has 120 valence electrons. The Bertz CT molecular complexity index is 634. The Kier molecular flexibility index (Phi) is 5.49. The van der Waals surface area contributed by atoms with Gasteiger partial charge in [0.1, 0.15) is 17.0 Å². The Morgan fingerprint density at radius 2 is 1.77 bits per heavy atom. The molecule has 0 N–H and O–H groups in total. The molecule has 3 rings (SSSR count). The van der Waals surface area contributed by atoms with Gasteiger partial charge in [0.25, 0.3) is 0 Å². The van der Waals surface area contributed by atoms with Gasteiger partial charge < -0.3 is 14.4 Å². The molecule has 0 amide bonds. The molecule has 1 fully saturated rings. The minimum Gasteiger partial charge on any atom is -0.480 e. The third-order valence-electron chi connectivity index (χ3n) is 3.37. The zero-order valence-electron chi connectivity index (χ0n) is 14.0. The van der Waals surface area contributed by atoms with E-state index in [0.717, 1.165) is 41.3 Å². The van der Waals surface area contributed by atoms with Crippen molar-refractivity contribution in [2.45, 2.75) is 27.7 Å². The fourth-order valence-corrected chi connectivity index (χ4v) is 2.49. The highest BCUT2D eigenvalue weighted by molar-refractivity contribution is 5.94. The third-order valence-corrected chi connectivity index (χ3v) is 3.37. The smallest absolute Gasteiger partial charge is 0.226 e. The SMILES string of the molecule is CC.COc1nc(C)cc2nc(C)nc(N3CCOCC3)c12. The molecule has 2 aromatic heterocycles.